The maximum Gasteiger partial charge on any atom is 0.227 e. The van der Waals surface area contributed by atoms with E-state index in [1.165, 1.54) is 6.07 Å². The van der Waals surface area contributed by atoms with E-state index in [1.807, 2.05) is 0 Å². The summed E-state index contributed by atoms with van der Waals surface area (Å²) in [6, 6.07) is 9.81. The number of hydrogen-bond donors (Lipinski definition) is 1. The summed E-state index contributed by atoms with van der Waals surface area (Å²) in [5.41, 5.74) is 1.07. The Labute approximate surface area is 168 Å². The van der Waals surface area contributed by atoms with E-state index in [1.54, 1.807) is 37.4 Å². The third-order valence-electron chi connectivity index (χ3n) is 4.82. The van der Waals surface area contributed by atoms with Crippen LogP contribution in [0, 0.1) is 11.7 Å². The molecule has 1 aliphatic heterocycles. The van der Waals surface area contributed by atoms with E-state index in [9.17, 15) is 9.18 Å². The first-order valence-corrected chi connectivity index (χ1v) is 9.53. The van der Waals surface area contributed by atoms with Gasteiger partial charge in [0.05, 0.1) is 12.8 Å². The molecule has 144 valence electrons. The summed E-state index contributed by atoms with van der Waals surface area (Å²) >= 11 is 12.1. The number of nitrogens with zero attached hydrogens (tertiary/aromatic N) is 1. The van der Waals surface area contributed by atoms with E-state index in [2.05, 4.69) is 10.2 Å². The molecule has 2 aromatic rings. The molecule has 0 atom stereocenters. The molecule has 0 aromatic heterocycles. The Hall–Kier alpha value is -1.82. The number of amides is 1. The van der Waals surface area contributed by atoms with Crippen LogP contribution in [0.25, 0.3) is 0 Å². The second kappa shape index (κ2) is 8.91. The first-order chi connectivity index (χ1) is 13.0. The van der Waals surface area contributed by atoms with E-state index in [0.717, 1.165) is 0 Å². The molecule has 0 bridgehead atoms. The zero-order valence-electron chi connectivity index (χ0n) is 15.0. The van der Waals surface area contributed by atoms with Gasteiger partial charge in [0, 0.05) is 28.1 Å². The molecule has 0 unspecified atom stereocenters. The highest BCUT2D eigenvalue weighted by atomic mass is 35.5. The zero-order chi connectivity index (χ0) is 19.4. The molecule has 0 aliphatic carbocycles. The van der Waals surface area contributed by atoms with Gasteiger partial charge in [-0.15, -0.1) is 0 Å². The van der Waals surface area contributed by atoms with Crippen LogP contribution in [-0.4, -0.2) is 31.0 Å². The predicted molar refractivity (Wildman–Crippen MR) is 106 cm³/mol. The molecule has 1 aliphatic rings. The van der Waals surface area contributed by atoms with Gasteiger partial charge in [-0.2, -0.15) is 0 Å². The molecule has 1 heterocycles. The lowest BCUT2D eigenvalue weighted by molar-refractivity contribution is -0.121. The quantitative estimate of drug-likeness (QED) is 0.754. The van der Waals surface area contributed by atoms with Gasteiger partial charge >= 0.3 is 0 Å². The van der Waals surface area contributed by atoms with E-state index in [4.69, 9.17) is 27.9 Å². The first kappa shape index (κ1) is 19.9. The third-order valence-corrected chi connectivity index (χ3v) is 5.41. The Morgan fingerprint density at radius 1 is 1.26 bits per heavy atom. The second-order valence-electron chi connectivity index (χ2n) is 6.58. The van der Waals surface area contributed by atoms with Crippen LogP contribution < -0.4 is 10.1 Å². The number of ether oxygens (including phenoxy) is 1. The topological polar surface area (TPSA) is 41.6 Å². The van der Waals surface area contributed by atoms with Crippen LogP contribution in [-0.2, 0) is 11.3 Å². The van der Waals surface area contributed by atoms with Gasteiger partial charge in [0.15, 0.2) is 0 Å². The van der Waals surface area contributed by atoms with Gasteiger partial charge in [-0.25, -0.2) is 4.39 Å². The van der Waals surface area contributed by atoms with Crippen LogP contribution in [0.4, 0.5) is 10.1 Å². The van der Waals surface area contributed by atoms with Gasteiger partial charge in [0.1, 0.15) is 11.6 Å². The summed E-state index contributed by atoms with van der Waals surface area (Å²) in [6.45, 7) is 1.85. The molecular formula is C20H21Cl2FN2O2. The Morgan fingerprint density at radius 3 is 2.67 bits per heavy atom. The first-order valence-electron chi connectivity index (χ1n) is 8.77. The highest BCUT2D eigenvalue weighted by molar-refractivity contribution is 6.31. The third kappa shape index (κ3) is 4.92. The van der Waals surface area contributed by atoms with Crippen molar-refractivity contribution in [3.63, 3.8) is 0 Å². The standard InChI is InChI=1S/C20H21Cl2FN2O2/c1-27-19-6-5-14(21)11-18(19)24-20(26)13-7-9-25(10-8-13)12-15-16(22)3-2-4-17(15)23/h2-6,11,13H,7-10,12H2,1H3,(H,24,26). The van der Waals surface area contributed by atoms with Crippen molar-refractivity contribution in [3.05, 3.63) is 57.8 Å². The van der Waals surface area contributed by atoms with Gasteiger partial charge in [-0.05, 0) is 56.3 Å². The fourth-order valence-corrected chi connectivity index (χ4v) is 3.67. The van der Waals surface area contributed by atoms with E-state index < -0.39 is 0 Å². The fourth-order valence-electron chi connectivity index (χ4n) is 3.27. The van der Waals surface area contributed by atoms with Gasteiger partial charge < -0.3 is 10.1 Å². The number of rotatable bonds is 5. The minimum atomic E-state index is -0.296. The molecule has 7 heteroatoms. The van der Waals surface area contributed by atoms with Crippen LogP contribution in [0.1, 0.15) is 18.4 Å². The molecular weight excluding hydrogens is 390 g/mol. The number of nitrogens with one attached hydrogen (secondary N) is 1. The number of hydrogen-bond acceptors (Lipinski definition) is 3. The maximum absolute atomic E-state index is 14.0. The van der Waals surface area contributed by atoms with E-state index >= 15 is 0 Å². The zero-order valence-corrected chi connectivity index (χ0v) is 16.5. The summed E-state index contributed by atoms with van der Waals surface area (Å²) in [6.07, 6.45) is 1.39. The molecule has 4 nitrogen and oxygen atoms in total. The minimum absolute atomic E-state index is 0.0564. The van der Waals surface area contributed by atoms with Crippen molar-refractivity contribution in [2.45, 2.75) is 19.4 Å². The van der Waals surface area contributed by atoms with Crippen LogP contribution in [0.5, 0.6) is 5.75 Å². The Bertz CT molecular complexity index is 803. The van der Waals surface area contributed by atoms with Crippen LogP contribution in [0.2, 0.25) is 10.0 Å². The molecule has 27 heavy (non-hydrogen) atoms. The largest absolute Gasteiger partial charge is 0.495 e. The van der Waals surface area contributed by atoms with E-state index in [0.29, 0.717) is 59.5 Å². The van der Waals surface area contributed by atoms with Crippen molar-refractivity contribution in [1.82, 2.24) is 4.90 Å². The molecule has 1 N–H and O–H groups in total. The lowest BCUT2D eigenvalue weighted by Gasteiger charge is -2.31. The second-order valence-corrected chi connectivity index (χ2v) is 7.43. The molecule has 0 saturated carbocycles. The number of carbonyl (C=O) groups is 1. The van der Waals surface area contributed by atoms with Crippen LogP contribution in [0.3, 0.4) is 0 Å². The smallest absolute Gasteiger partial charge is 0.227 e. The van der Waals surface area contributed by atoms with Gasteiger partial charge in [-0.1, -0.05) is 29.3 Å². The number of piperidine rings is 1. The minimum Gasteiger partial charge on any atom is -0.495 e. The molecule has 3 rings (SSSR count). The van der Waals surface area contributed by atoms with Crippen molar-refractivity contribution in [2.75, 3.05) is 25.5 Å². The van der Waals surface area contributed by atoms with Gasteiger partial charge in [0.25, 0.3) is 0 Å². The SMILES string of the molecule is COc1ccc(Cl)cc1NC(=O)C1CCN(Cc2c(F)cccc2Cl)CC1. The van der Waals surface area contributed by atoms with Crippen molar-refractivity contribution in [1.29, 1.82) is 0 Å². The van der Waals surface area contributed by atoms with E-state index in [-0.39, 0.29) is 17.6 Å². The summed E-state index contributed by atoms with van der Waals surface area (Å²) in [4.78, 5) is 14.7. The Morgan fingerprint density at radius 2 is 2.00 bits per heavy atom. The van der Waals surface area contributed by atoms with Crippen LogP contribution in [0.15, 0.2) is 36.4 Å². The summed E-state index contributed by atoms with van der Waals surface area (Å²) in [5.74, 6) is 0.106. The molecule has 1 amide bonds. The molecule has 1 saturated heterocycles. The number of benzene rings is 2. The fraction of sp³-hybridized carbons (Fsp3) is 0.350. The summed E-state index contributed by atoms with van der Waals surface area (Å²) in [5, 5.41) is 3.87. The molecule has 1 fully saturated rings. The van der Waals surface area contributed by atoms with Crippen LogP contribution >= 0.6 is 23.2 Å². The number of likely N-dealkylation sites (tertiary alicyclic amines) is 1. The van der Waals surface area contributed by atoms with Gasteiger partial charge in [0.2, 0.25) is 5.91 Å². The Kier molecular flexibility index (Phi) is 6.58. The number of methoxy groups -OCH3 is 1. The van der Waals surface area contributed by atoms with Crippen molar-refractivity contribution in [2.24, 2.45) is 5.92 Å². The summed E-state index contributed by atoms with van der Waals surface area (Å²) in [7, 11) is 1.55. The highest BCUT2D eigenvalue weighted by Gasteiger charge is 2.26. The number of anilines is 1. The summed E-state index contributed by atoms with van der Waals surface area (Å²) < 4.78 is 19.2. The van der Waals surface area contributed by atoms with Gasteiger partial charge in [-0.3, -0.25) is 9.69 Å². The average molecular weight is 411 g/mol. The lowest BCUT2D eigenvalue weighted by Crippen LogP contribution is -2.38. The normalized spacial score (nSPS) is 15.6. The number of halogens is 3. The Balaban J connectivity index is 1.57. The average Bonchev–Trinajstić information content (AvgIpc) is 2.65. The monoisotopic (exact) mass is 410 g/mol. The maximum atomic E-state index is 14.0. The van der Waals surface area contributed by atoms with Crippen molar-refractivity contribution < 1.29 is 13.9 Å². The number of carbonyl (C=O) groups excluding carboxylic acids is 1. The molecule has 2 aromatic carbocycles. The predicted octanol–water partition coefficient (Wildman–Crippen LogP) is 4.99. The lowest BCUT2D eigenvalue weighted by atomic mass is 9.95. The molecule has 0 radical (unpaired) electrons. The highest BCUT2D eigenvalue weighted by Crippen LogP contribution is 2.30. The van der Waals surface area contributed by atoms with Crippen molar-refractivity contribution in [3.8, 4) is 5.75 Å². The van der Waals surface area contributed by atoms with Crippen molar-refractivity contribution >= 4 is 34.8 Å². The molecule has 0 spiro atoms.